The van der Waals surface area contributed by atoms with Crippen LogP contribution >= 0.6 is 0 Å². The van der Waals surface area contributed by atoms with Gasteiger partial charge >= 0.3 is 0 Å². The second kappa shape index (κ2) is 47.2. The second-order valence-electron chi connectivity index (χ2n) is 26.7. The van der Waals surface area contributed by atoms with Gasteiger partial charge in [0, 0.05) is 38.6 Å². The Kier molecular flexibility index (Phi) is 43.9. The van der Waals surface area contributed by atoms with E-state index in [2.05, 4.69) is 174 Å². The van der Waals surface area contributed by atoms with E-state index >= 15 is 0 Å². The Balaban J connectivity index is 0.000000520. The maximum Gasteiger partial charge on any atom is 0.0827 e. The van der Waals surface area contributed by atoms with Crippen LogP contribution in [0.2, 0.25) is 0 Å². The largest absolute Gasteiger partial charge is 0.252 e. The molecule has 12 nitrogen and oxygen atoms in total. The van der Waals surface area contributed by atoms with Crippen LogP contribution in [0.15, 0.2) is 24.8 Å². The molecule has 0 unspecified atom stereocenters. The second-order valence-corrected chi connectivity index (χ2v) is 26.7. The van der Waals surface area contributed by atoms with E-state index in [1.807, 2.05) is 21.8 Å². The molecule has 12 heteroatoms. The van der Waals surface area contributed by atoms with Crippen molar-refractivity contribution in [3.63, 3.8) is 0 Å². The molecule has 4 aromatic rings. The van der Waals surface area contributed by atoms with Crippen molar-refractivity contribution in [1.82, 2.24) is 60.0 Å². The van der Waals surface area contributed by atoms with Gasteiger partial charge in [-0.1, -0.05) is 247 Å². The molecule has 0 aliphatic carbocycles. The number of aromatic nitrogens is 12. The molecule has 0 amide bonds. The van der Waals surface area contributed by atoms with Crippen LogP contribution in [0.5, 0.6) is 0 Å². The molecule has 4 heterocycles. The quantitative estimate of drug-likeness (QED) is 0.0402. The topological polar surface area (TPSA) is 123 Å². The summed E-state index contributed by atoms with van der Waals surface area (Å²) in [6.07, 6.45) is 46.3. The third-order valence-corrected chi connectivity index (χ3v) is 14.6. The lowest BCUT2D eigenvalue weighted by Gasteiger charge is -2.08. The SMILES string of the molecule is CC(C)CCCCCc1cnnn1CCCCC(C)C.CC(C)CCCCCc1cnnn1CCCCC(C)C.CC(C)CCCCCn1cc(CCCC(C)C)nn1.CC(C)CCCCCn1cc(CCCC(C)C)nn1. The zero-order valence-corrected chi connectivity index (χ0v) is 54.3. The van der Waals surface area contributed by atoms with E-state index in [1.165, 1.54) is 178 Å². The van der Waals surface area contributed by atoms with Gasteiger partial charge in [-0.2, -0.15) is 0 Å². The van der Waals surface area contributed by atoms with Crippen LogP contribution in [0.1, 0.15) is 300 Å². The molecule has 0 fully saturated rings. The molecular formula is C66H128N12. The molecular weight excluding hydrogens is 961 g/mol. The minimum atomic E-state index is 0.788. The van der Waals surface area contributed by atoms with Gasteiger partial charge in [0.2, 0.25) is 0 Å². The molecule has 78 heavy (non-hydrogen) atoms. The van der Waals surface area contributed by atoms with Gasteiger partial charge in [-0.25, -0.2) is 9.36 Å². The summed E-state index contributed by atoms with van der Waals surface area (Å²) in [6, 6.07) is 0. The third kappa shape index (κ3) is 43.4. The van der Waals surface area contributed by atoms with Gasteiger partial charge < -0.3 is 0 Å². The zero-order valence-electron chi connectivity index (χ0n) is 54.3. The average molecular weight is 1090 g/mol. The van der Waals surface area contributed by atoms with Gasteiger partial charge in [0.25, 0.3) is 0 Å². The van der Waals surface area contributed by atoms with Crippen LogP contribution in [-0.2, 0) is 51.9 Å². The molecule has 0 radical (unpaired) electrons. The molecule has 0 saturated carbocycles. The first-order chi connectivity index (χ1) is 37.3. The number of hydrogen-bond donors (Lipinski definition) is 0. The number of nitrogens with zero attached hydrogens (tertiary/aromatic N) is 12. The van der Waals surface area contributed by atoms with Gasteiger partial charge in [-0.3, -0.25) is 9.36 Å². The number of unbranched alkanes of at least 4 members (excludes halogenated alkanes) is 10. The van der Waals surface area contributed by atoms with Crippen LogP contribution < -0.4 is 0 Å². The molecule has 0 aliphatic rings. The van der Waals surface area contributed by atoms with Gasteiger partial charge in [0.15, 0.2) is 0 Å². The summed E-state index contributed by atoms with van der Waals surface area (Å²) >= 11 is 0. The summed E-state index contributed by atoms with van der Waals surface area (Å²) in [6.45, 7) is 40.7. The number of aryl methyl sites for hydroxylation is 8. The fourth-order valence-corrected chi connectivity index (χ4v) is 9.53. The van der Waals surface area contributed by atoms with Crippen molar-refractivity contribution in [2.75, 3.05) is 0 Å². The fourth-order valence-electron chi connectivity index (χ4n) is 9.53. The smallest absolute Gasteiger partial charge is 0.0827 e. The molecule has 0 atom stereocenters. The Hall–Kier alpha value is -3.44. The summed E-state index contributed by atoms with van der Waals surface area (Å²) in [5.74, 6) is 6.54. The average Bonchev–Trinajstić information content (AvgIpc) is 4.21. The molecule has 0 saturated heterocycles. The van der Waals surface area contributed by atoms with Crippen molar-refractivity contribution in [2.24, 2.45) is 47.3 Å². The summed E-state index contributed by atoms with van der Waals surface area (Å²) < 4.78 is 8.26. The van der Waals surface area contributed by atoms with Crippen LogP contribution in [0.3, 0.4) is 0 Å². The molecule has 0 bridgehead atoms. The standard InChI is InChI=1S/2C17H33N3.2C16H31N3/c2*1-15(2)10-6-5-7-12-17-14-18-19-20(17)13-9-8-11-16(3)4;2*1-14(2)9-6-5-7-12-19-13-16(17-18-19)11-8-10-15(3)4/h2*14-16H,5-13H2,1-4H3;2*13-15H,5-12H2,1-4H3. The van der Waals surface area contributed by atoms with E-state index in [-0.39, 0.29) is 0 Å². The predicted octanol–water partition coefficient (Wildman–Crippen LogP) is 18.7. The van der Waals surface area contributed by atoms with E-state index in [0.717, 1.165) is 111 Å². The molecule has 452 valence electrons. The molecule has 0 spiro atoms. The van der Waals surface area contributed by atoms with Crippen molar-refractivity contribution < 1.29 is 0 Å². The Morgan fingerprint density at radius 2 is 0.551 bits per heavy atom. The first kappa shape index (κ1) is 72.6. The van der Waals surface area contributed by atoms with Gasteiger partial charge in [0.1, 0.15) is 0 Å². The summed E-state index contributed by atoms with van der Waals surface area (Å²) in [5, 5.41) is 33.5. The van der Waals surface area contributed by atoms with Crippen molar-refractivity contribution in [3.8, 4) is 0 Å². The van der Waals surface area contributed by atoms with Gasteiger partial charge in [-0.15, -0.1) is 20.4 Å². The highest BCUT2D eigenvalue weighted by molar-refractivity contribution is 4.95. The summed E-state index contributed by atoms with van der Waals surface area (Å²) in [5.41, 5.74) is 4.95. The molecule has 4 aromatic heterocycles. The van der Waals surface area contributed by atoms with Crippen LogP contribution in [0.4, 0.5) is 0 Å². The molecule has 4 rings (SSSR count). The highest BCUT2D eigenvalue weighted by Crippen LogP contribution is 2.16. The van der Waals surface area contributed by atoms with E-state index in [1.54, 1.807) is 0 Å². The Labute approximate surface area is 482 Å². The fraction of sp³-hybridized carbons (Fsp3) is 0.879. The summed E-state index contributed by atoms with van der Waals surface area (Å²) in [7, 11) is 0. The minimum Gasteiger partial charge on any atom is -0.252 e. The summed E-state index contributed by atoms with van der Waals surface area (Å²) in [4.78, 5) is 0. The van der Waals surface area contributed by atoms with E-state index in [9.17, 15) is 0 Å². The van der Waals surface area contributed by atoms with Crippen LogP contribution in [0.25, 0.3) is 0 Å². The van der Waals surface area contributed by atoms with Crippen molar-refractivity contribution in [1.29, 1.82) is 0 Å². The Morgan fingerprint density at radius 3 is 0.859 bits per heavy atom. The van der Waals surface area contributed by atoms with Crippen molar-refractivity contribution in [3.05, 3.63) is 47.6 Å². The van der Waals surface area contributed by atoms with Gasteiger partial charge in [-0.05, 0) is 124 Å². The van der Waals surface area contributed by atoms with Crippen LogP contribution in [0, 0.1) is 47.3 Å². The van der Waals surface area contributed by atoms with Gasteiger partial charge in [0.05, 0.1) is 35.2 Å². The highest BCUT2D eigenvalue weighted by Gasteiger charge is 2.08. The van der Waals surface area contributed by atoms with Crippen molar-refractivity contribution >= 4 is 0 Å². The first-order valence-electron chi connectivity index (χ1n) is 32.9. The highest BCUT2D eigenvalue weighted by atomic mass is 15.4. The Morgan fingerprint density at radius 1 is 0.282 bits per heavy atom. The molecule has 0 N–H and O–H groups in total. The monoisotopic (exact) mass is 1090 g/mol. The first-order valence-corrected chi connectivity index (χ1v) is 32.9. The van der Waals surface area contributed by atoms with E-state index in [0.29, 0.717) is 0 Å². The predicted molar refractivity (Wildman–Crippen MR) is 334 cm³/mol. The number of hydrogen-bond acceptors (Lipinski definition) is 8. The lowest BCUT2D eigenvalue weighted by molar-refractivity contribution is 0.472. The Bertz CT molecular complexity index is 1740. The third-order valence-electron chi connectivity index (χ3n) is 14.6. The van der Waals surface area contributed by atoms with Crippen LogP contribution in [-0.4, -0.2) is 60.0 Å². The lowest BCUT2D eigenvalue weighted by Crippen LogP contribution is -2.06. The maximum absolute atomic E-state index is 4.25. The minimum absolute atomic E-state index is 0.788. The van der Waals surface area contributed by atoms with Crippen molar-refractivity contribution in [2.45, 2.75) is 330 Å². The number of rotatable bonds is 42. The van der Waals surface area contributed by atoms with E-state index in [4.69, 9.17) is 0 Å². The zero-order chi connectivity index (χ0) is 57.8. The molecule has 0 aliphatic heterocycles. The van der Waals surface area contributed by atoms with E-state index < -0.39 is 0 Å². The maximum atomic E-state index is 4.25. The normalized spacial score (nSPS) is 11.7. The molecule has 0 aromatic carbocycles. The lowest BCUT2D eigenvalue weighted by atomic mass is 10.0.